The molecular weight excluding hydrogens is 330 g/mol. The van der Waals surface area contributed by atoms with Crippen LogP contribution >= 0.6 is 0 Å². The zero-order valence-electron chi connectivity index (χ0n) is 14.9. The van der Waals surface area contributed by atoms with E-state index in [1.165, 1.54) is 0 Å². The Hall–Kier alpha value is -2.47. The molecule has 2 aliphatic rings. The maximum absolute atomic E-state index is 13.0. The highest BCUT2D eigenvalue weighted by Crippen LogP contribution is 2.43. The number of hydrogen-bond acceptors (Lipinski definition) is 5. The molecule has 1 aliphatic heterocycles. The first-order valence-corrected chi connectivity index (χ1v) is 9.06. The molecule has 0 bridgehead atoms. The molecule has 1 saturated carbocycles. The average molecular weight is 353 g/mol. The van der Waals surface area contributed by atoms with Gasteiger partial charge >= 0.3 is 0 Å². The molecule has 4 rings (SSSR count). The summed E-state index contributed by atoms with van der Waals surface area (Å²) in [5.74, 6) is 0.645. The first-order valence-electron chi connectivity index (χ1n) is 9.06. The fourth-order valence-electron chi connectivity index (χ4n) is 4.25. The predicted molar refractivity (Wildman–Crippen MR) is 95.9 cm³/mol. The zero-order chi connectivity index (χ0) is 18.0. The second-order valence-corrected chi connectivity index (χ2v) is 6.96. The van der Waals surface area contributed by atoms with Crippen LogP contribution in [0.2, 0.25) is 0 Å². The normalized spacial score (nSPS) is 27.8. The van der Waals surface area contributed by atoms with Crippen LogP contribution in [0, 0.1) is 0 Å². The van der Waals surface area contributed by atoms with Crippen LogP contribution in [-0.4, -0.2) is 52.2 Å². The summed E-state index contributed by atoms with van der Waals surface area (Å²) in [5.41, 5.74) is 0.342. The smallest absolute Gasteiger partial charge is 0.255 e. The number of rotatable bonds is 4. The summed E-state index contributed by atoms with van der Waals surface area (Å²) in [7, 11) is 1.75. The van der Waals surface area contributed by atoms with Crippen LogP contribution in [0.25, 0.3) is 0 Å². The third kappa shape index (κ3) is 3.05. The average Bonchev–Trinajstić information content (AvgIpc) is 3.08. The Bertz CT molecular complexity index is 755. The molecule has 2 aromatic rings. The van der Waals surface area contributed by atoms with Crippen molar-refractivity contribution in [1.82, 2.24) is 14.9 Å². The van der Waals surface area contributed by atoms with Crippen molar-refractivity contribution < 1.29 is 14.3 Å². The minimum absolute atomic E-state index is 0.00247. The maximum atomic E-state index is 13.0. The van der Waals surface area contributed by atoms with Crippen molar-refractivity contribution >= 4 is 5.91 Å². The number of nitrogens with zero attached hydrogens (tertiary/aromatic N) is 3. The number of ether oxygens (including phenoxy) is 2. The number of pyridine rings is 2. The van der Waals surface area contributed by atoms with Crippen LogP contribution in [0.15, 0.2) is 48.9 Å². The van der Waals surface area contributed by atoms with Crippen LogP contribution < -0.4 is 4.74 Å². The predicted octanol–water partition coefficient (Wildman–Crippen LogP) is 2.71. The van der Waals surface area contributed by atoms with Gasteiger partial charge in [0.15, 0.2) is 0 Å². The first-order chi connectivity index (χ1) is 12.7. The Labute approximate surface area is 153 Å². The summed E-state index contributed by atoms with van der Waals surface area (Å²) < 4.78 is 12.0. The van der Waals surface area contributed by atoms with E-state index in [4.69, 9.17) is 9.47 Å². The molecule has 2 aromatic heterocycles. The SMILES string of the molecule is CO[C@@]12CCC(Oc3ccccn3)CC1N(C(=O)c1cccnc1)CC2. The van der Waals surface area contributed by atoms with Gasteiger partial charge in [0.1, 0.15) is 6.10 Å². The van der Waals surface area contributed by atoms with Crippen molar-refractivity contribution in [2.45, 2.75) is 43.4 Å². The van der Waals surface area contributed by atoms with Gasteiger partial charge in [0.05, 0.1) is 17.2 Å². The number of fused-ring (bicyclic) bond motifs is 1. The number of carbonyl (C=O) groups is 1. The Kier molecular flexibility index (Phi) is 4.59. The fourth-order valence-corrected chi connectivity index (χ4v) is 4.25. The highest BCUT2D eigenvalue weighted by atomic mass is 16.5. The molecule has 1 amide bonds. The van der Waals surface area contributed by atoms with E-state index in [0.29, 0.717) is 18.0 Å². The maximum Gasteiger partial charge on any atom is 0.255 e. The van der Waals surface area contributed by atoms with Crippen LogP contribution in [0.3, 0.4) is 0 Å². The van der Waals surface area contributed by atoms with Crippen LogP contribution in [0.4, 0.5) is 0 Å². The summed E-state index contributed by atoms with van der Waals surface area (Å²) >= 11 is 0. The van der Waals surface area contributed by atoms with E-state index >= 15 is 0 Å². The van der Waals surface area contributed by atoms with E-state index in [1.54, 1.807) is 31.8 Å². The minimum Gasteiger partial charge on any atom is -0.474 e. The molecule has 3 heterocycles. The molecule has 1 aliphatic carbocycles. The van der Waals surface area contributed by atoms with Crippen molar-refractivity contribution in [2.75, 3.05) is 13.7 Å². The van der Waals surface area contributed by atoms with Crippen molar-refractivity contribution in [3.63, 3.8) is 0 Å². The molecule has 3 atom stereocenters. The molecule has 136 valence electrons. The van der Waals surface area contributed by atoms with Gasteiger partial charge in [-0.3, -0.25) is 9.78 Å². The van der Waals surface area contributed by atoms with Gasteiger partial charge in [-0.2, -0.15) is 0 Å². The van der Waals surface area contributed by atoms with Gasteiger partial charge in [0.25, 0.3) is 5.91 Å². The molecule has 2 unspecified atom stereocenters. The Morgan fingerprint density at radius 1 is 1.23 bits per heavy atom. The first kappa shape index (κ1) is 17.0. The third-order valence-corrected chi connectivity index (χ3v) is 5.64. The van der Waals surface area contributed by atoms with Gasteiger partial charge in [-0.25, -0.2) is 4.98 Å². The van der Waals surface area contributed by atoms with E-state index in [2.05, 4.69) is 9.97 Å². The molecule has 6 nitrogen and oxygen atoms in total. The summed E-state index contributed by atoms with van der Waals surface area (Å²) in [6, 6.07) is 9.26. The molecule has 1 saturated heterocycles. The van der Waals surface area contributed by atoms with Crippen molar-refractivity contribution in [3.05, 3.63) is 54.5 Å². The van der Waals surface area contributed by atoms with Crippen molar-refractivity contribution in [1.29, 1.82) is 0 Å². The lowest BCUT2D eigenvalue weighted by molar-refractivity contribution is -0.0788. The lowest BCUT2D eigenvalue weighted by Gasteiger charge is -2.43. The van der Waals surface area contributed by atoms with Crippen LogP contribution in [-0.2, 0) is 4.74 Å². The number of hydrogen-bond donors (Lipinski definition) is 0. The van der Waals surface area contributed by atoms with Crippen molar-refractivity contribution in [3.8, 4) is 5.88 Å². The lowest BCUT2D eigenvalue weighted by Crippen LogP contribution is -2.53. The number of amides is 1. The van der Waals surface area contributed by atoms with E-state index in [1.807, 2.05) is 29.2 Å². The highest BCUT2D eigenvalue weighted by molar-refractivity contribution is 5.94. The van der Waals surface area contributed by atoms with E-state index in [-0.39, 0.29) is 23.7 Å². The Morgan fingerprint density at radius 2 is 2.15 bits per heavy atom. The third-order valence-electron chi connectivity index (χ3n) is 5.64. The molecule has 2 fully saturated rings. The van der Waals surface area contributed by atoms with E-state index in [0.717, 1.165) is 25.7 Å². The molecule has 26 heavy (non-hydrogen) atoms. The van der Waals surface area contributed by atoms with Gasteiger partial charge in [0.2, 0.25) is 5.88 Å². The summed E-state index contributed by atoms with van der Waals surface area (Å²) in [6.07, 6.45) is 8.44. The van der Waals surface area contributed by atoms with Crippen molar-refractivity contribution in [2.24, 2.45) is 0 Å². The molecule has 0 spiro atoms. The zero-order valence-corrected chi connectivity index (χ0v) is 14.9. The largest absolute Gasteiger partial charge is 0.474 e. The van der Waals surface area contributed by atoms with Gasteiger partial charge in [0, 0.05) is 44.7 Å². The van der Waals surface area contributed by atoms with Gasteiger partial charge < -0.3 is 14.4 Å². The molecule has 0 N–H and O–H groups in total. The number of carbonyl (C=O) groups excluding carboxylic acids is 1. The highest BCUT2D eigenvalue weighted by Gasteiger charge is 2.53. The quantitative estimate of drug-likeness (QED) is 0.846. The van der Waals surface area contributed by atoms with Gasteiger partial charge in [-0.1, -0.05) is 6.07 Å². The number of likely N-dealkylation sites (tertiary alicyclic amines) is 1. The van der Waals surface area contributed by atoms with Crippen LogP contribution in [0.5, 0.6) is 5.88 Å². The number of methoxy groups -OCH3 is 1. The topological polar surface area (TPSA) is 64.6 Å². The van der Waals surface area contributed by atoms with Gasteiger partial charge in [-0.05, 0) is 37.5 Å². The lowest BCUT2D eigenvalue weighted by atomic mass is 9.79. The minimum atomic E-state index is -0.276. The molecular formula is C20H23N3O3. The summed E-state index contributed by atoms with van der Waals surface area (Å²) in [5, 5.41) is 0. The second-order valence-electron chi connectivity index (χ2n) is 6.96. The van der Waals surface area contributed by atoms with Crippen LogP contribution in [0.1, 0.15) is 36.0 Å². The van der Waals surface area contributed by atoms with E-state index in [9.17, 15) is 4.79 Å². The Balaban J connectivity index is 1.54. The standard InChI is InChI=1S/C20H23N3O3/c1-25-20-8-7-16(26-18-6-2-3-11-22-18)13-17(20)23(12-9-20)19(24)15-5-4-10-21-14-15/h2-6,10-11,14,16-17H,7-9,12-13H2,1H3/t16?,17?,20-/m1/s1. The molecule has 6 heteroatoms. The van der Waals surface area contributed by atoms with E-state index < -0.39 is 0 Å². The second kappa shape index (κ2) is 7.03. The fraction of sp³-hybridized carbons (Fsp3) is 0.450. The monoisotopic (exact) mass is 353 g/mol. The molecule has 0 radical (unpaired) electrons. The molecule has 0 aromatic carbocycles. The van der Waals surface area contributed by atoms with Gasteiger partial charge in [-0.15, -0.1) is 0 Å². The summed E-state index contributed by atoms with van der Waals surface area (Å²) in [6.45, 7) is 0.697. The number of aromatic nitrogens is 2. The summed E-state index contributed by atoms with van der Waals surface area (Å²) in [4.78, 5) is 23.3. The Morgan fingerprint density at radius 3 is 2.88 bits per heavy atom.